The maximum absolute atomic E-state index is 12.9. The van der Waals surface area contributed by atoms with Crippen molar-refractivity contribution < 1.29 is 32.9 Å². The van der Waals surface area contributed by atoms with Crippen molar-refractivity contribution in [2.24, 2.45) is 0 Å². The highest BCUT2D eigenvalue weighted by Crippen LogP contribution is 2.38. The molecular weight excluding hydrogens is 840 g/mol. The van der Waals surface area contributed by atoms with Crippen LogP contribution in [0.15, 0.2) is 122 Å². The van der Waals surface area contributed by atoms with Gasteiger partial charge in [0.05, 0.1) is 39.9 Å². The van der Waals surface area contributed by atoms with E-state index in [2.05, 4.69) is 141 Å². The van der Waals surface area contributed by atoms with Crippen LogP contribution in [0.3, 0.4) is 0 Å². The van der Waals surface area contributed by atoms with Crippen LogP contribution in [0.5, 0.6) is 0 Å². The van der Waals surface area contributed by atoms with Crippen LogP contribution in [0.25, 0.3) is 0 Å². The highest BCUT2D eigenvalue weighted by molar-refractivity contribution is 7.45. The zero-order valence-electron chi connectivity index (χ0n) is 42.6. The Morgan fingerprint density at radius 2 is 0.924 bits per heavy atom. The van der Waals surface area contributed by atoms with Gasteiger partial charge in [-0.25, -0.2) is 0 Å². The molecule has 3 unspecified atom stereocenters. The van der Waals surface area contributed by atoms with Gasteiger partial charge in [0.15, 0.2) is 0 Å². The summed E-state index contributed by atoms with van der Waals surface area (Å²) in [5.74, 6) is -0.198. The number of allylic oxidation sites excluding steroid dienone is 20. The molecule has 3 atom stereocenters. The number of likely N-dealkylation sites (N-methyl/N-ethyl adjacent to an activating group) is 1. The number of carbonyl (C=O) groups is 1. The zero-order valence-corrected chi connectivity index (χ0v) is 43.5. The van der Waals surface area contributed by atoms with Crippen molar-refractivity contribution in [3.05, 3.63) is 122 Å². The summed E-state index contributed by atoms with van der Waals surface area (Å²) in [6, 6.07) is -0.821. The molecule has 66 heavy (non-hydrogen) atoms. The summed E-state index contributed by atoms with van der Waals surface area (Å²) in [4.78, 5) is 25.3. The maximum Gasteiger partial charge on any atom is 0.268 e. The van der Waals surface area contributed by atoms with Crippen molar-refractivity contribution in [1.82, 2.24) is 5.32 Å². The van der Waals surface area contributed by atoms with Crippen molar-refractivity contribution in [2.45, 2.75) is 193 Å². The lowest BCUT2D eigenvalue weighted by molar-refractivity contribution is -0.870. The van der Waals surface area contributed by atoms with Crippen molar-refractivity contribution in [3.8, 4) is 0 Å². The minimum absolute atomic E-state index is 0.000250. The third-order valence-electron chi connectivity index (χ3n) is 10.7. The quantitative estimate of drug-likeness (QED) is 0.0273. The number of unbranched alkanes of at least 4 members (excludes halogenated alkanes) is 12. The number of phosphoric ester groups is 1. The first-order valence-corrected chi connectivity index (χ1v) is 27.3. The minimum atomic E-state index is -4.58. The molecule has 0 fully saturated rings. The number of phosphoric acid groups is 1. The van der Waals surface area contributed by atoms with Gasteiger partial charge in [-0.2, -0.15) is 0 Å². The van der Waals surface area contributed by atoms with Crippen LogP contribution < -0.4 is 10.2 Å². The molecule has 0 aromatic rings. The van der Waals surface area contributed by atoms with Crippen molar-refractivity contribution >= 4 is 13.7 Å². The highest BCUT2D eigenvalue weighted by Gasteiger charge is 2.24. The molecule has 0 saturated heterocycles. The molecule has 0 aliphatic carbocycles. The Hall–Kier alpha value is -3.10. The maximum atomic E-state index is 12.9. The summed E-state index contributed by atoms with van der Waals surface area (Å²) in [5.41, 5.74) is 0. The Morgan fingerprint density at radius 3 is 1.35 bits per heavy atom. The fourth-order valence-electron chi connectivity index (χ4n) is 6.65. The monoisotopic (exact) mass is 937 g/mol. The van der Waals surface area contributed by atoms with Gasteiger partial charge in [0.1, 0.15) is 13.2 Å². The zero-order chi connectivity index (χ0) is 48.5. The second-order valence-electron chi connectivity index (χ2n) is 18.1. The average Bonchev–Trinajstić information content (AvgIpc) is 3.28. The topological polar surface area (TPSA) is 108 Å². The van der Waals surface area contributed by atoms with Crippen LogP contribution in [0, 0.1) is 0 Å². The molecule has 0 aliphatic heterocycles. The number of carbonyl (C=O) groups excluding carboxylic acids is 1. The van der Waals surface area contributed by atoms with Gasteiger partial charge >= 0.3 is 0 Å². The highest BCUT2D eigenvalue weighted by atomic mass is 31.2. The van der Waals surface area contributed by atoms with Gasteiger partial charge in [-0.1, -0.05) is 206 Å². The van der Waals surface area contributed by atoms with Crippen LogP contribution >= 0.6 is 7.82 Å². The first kappa shape index (κ1) is 62.9. The molecule has 0 aromatic heterocycles. The van der Waals surface area contributed by atoms with E-state index in [0.29, 0.717) is 23.9 Å². The summed E-state index contributed by atoms with van der Waals surface area (Å²) in [6.45, 7) is 4.53. The molecule has 0 radical (unpaired) electrons. The van der Waals surface area contributed by atoms with E-state index in [9.17, 15) is 19.4 Å². The Bertz CT molecular complexity index is 1480. The summed E-state index contributed by atoms with van der Waals surface area (Å²) in [5, 5.41) is 13.8. The predicted molar refractivity (Wildman–Crippen MR) is 283 cm³/mol. The minimum Gasteiger partial charge on any atom is -0.756 e. The molecule has 376 valence electrons. The van der Waals surface area contributed by atoms with Gasteiger partial charge in [-0.3, -0.25) is 9.36 Å². The molecule has 0 rings (SSSR count). The fourth-order valence-corrected chi connectivity index (χ4v) is 7.38. The second kappa shape index (κ2) is 47.0. The number of aliphatic hydroxyl groups excluding tert-OH is 1. The molecule has 2 N–H and O–H groups in total. The number of rotatable bonds is 45. The first-order chi connectivity index (χ1) is 32.0. The van der Waals surface area contributed by atoms with Crippen LogP contribution in [0.2, 0.25) is 0 Å². The SMILES string of the molecule is CC/C=C\C/C=C\C/C=C\C/C=C\C/C=C\C/C=C\C/C=C\C/C=C\C/C=C\C/C=C\CCCCCCC(=O)NC(COP(=O)([O-])OCC[N+](C)(C)C)C(O)CCCCCCCCCCC. The lowest BCUT2D eigenvalue weighted by Gasteiger charge is -2.30. The molecular formula is C57H97N2O6P. The molecule has 0 saturated carbocycles. The predicted octanol–water partition coefficient (Wildman–Crippen LogP) is 14.8. The van der Waals surface area contributed by atoms with Crippen molar-refractivity contribution in [1.29, 1.82) is 0 Å². The number of aliphatic hydroxyl groups is 1. The van der Waals surface area contributed by atoms with Crippen molar-refractivity contribution in [2.75, 3.05) is 40.9 Å². The Labute approximate surface area is 405 Å². The number of nitrogens with one attached hydrogen (secondary N) is 1. The second-order valence-corrected chi connectivity index (χ2v) is 19.6. The molecule has 9 heteroatoms. The number of quaternary nitrogens is 1. The molecule has 1 amide bonds. The van der Waals surface area contributed by atoms with E-state index in [0.717, 1.165) is 116 Å². The van der Waals surface area contributed by atoms with E-state index in [1.165, 1.54) is 38.5 Å². The normalized spacial score (nSPS) is 15.1. The Balaban J connectivity index is 4.18. The molecule has 0 aliphatic rings. The Morgan fingerprint density at radius 1 is 0.545 bits per heavy atom. The van der Waals surface area contributed by atoms with E-state index in [1.807, 2.05) is 21.1 Å². The average molecular weight is 937 g/mol. The molecule has 0 heterocycles. The Kier molecular flexibility index (Phi) is 44.8. The van der Waals surface area contributed by atoms with Gasteiger partial charge in [0.25, 0.3) is 7.82 Å². The largest absolute Gasteiger partial charge is 0.756 e. The number of hydrogen-bond donors (Lipinski definition) is 2. The molecule has 8 nitrogen and oxygen atoms in total. The van der Waals surface area contributed by atoms with Crippen molar-refractivity contribution in [3.63, 3.8) is 0 Å². The van der Waals surface area contributed by atoms with E-state index < -0.39 is 20.0 Å². The molecule has 0 aromatic carbocycles. The van der Waals surface area contributed by atoms with E-state index in [4.69, 9.17) is 9.05 Å². The smallest absolute Gasteiger partial charge is 0.268 e. The van der Waals surface area contributed by atoms with E-state index in [1.54, 1.807) is 0 Å². The molecule has 0 bridgehead atoms. The van der Waals surface area contributed by atoms with Crippen LogP contribution in [-0.2, 0) is 18.4 Å². The lowest BCUT2D eigenvalue weighted by Crippen LogP contribution is -2.46. The third kappa shape index (κ3) is 48.8. The molecule has 0 spiro atoms. The first-order valence-electron chi connectivity index (χ1n) is 25.9. The van der Waals surface area contributed by atoms with E-state index in [-0.39, 0.29) is 19.1 Å². The standard InChI is InChI=1S/C57H97N2O6P/c1-6-8-10-12-14-16-17-18-19-20-21-22-23-24-25-26-27-28-29-30-31-32-33-34-35-36-37-38-39-40-41-43-45-47-49-51-57(61)58-55(54-65-66(62,63)64-53-52-59(3,4)5)56(60)50-48-46-44-42-15-13-11-9-7-2/h8,10,14,16,18-19,21-22,24-25,27-28,30-31,33-34,36-37,39-40,55-56,60H,6-7,9,11-13,15,17,20,23,26,29,32,35,38,41-54H2,1-5H3,(H-,58,61,62,63)/b10-8-,16-14-,19-18-,22-21-,25-24-,28-27-,31-30-,34-33-,37-36-,40-39-. The van der Waals surface area contributed by atoms with Gasteiger partial charge in [0.2, 0.25) is 5.91 Å². The van der Waals surface area contributed by atoms with Gasteiger partial charge in [-0.05, 0) is 89.9 Å². The lowest BCUT2D eigenvalue weighted by atomic mass is 10.0. The summed E-state index contributed by atoms with van der Waals surface area (Å²) < 4.78 is 23.2. The van der Waals surface area contributed by atoms with Crippen LogP contribution in [0.1, 0.15) is 181 Å². The fraction of sp³-hybridized carbons (Fsp3) is 0.632. The number of hydrogen-bond acceptors (Lipinski definition) is 6. The van der Waals surface area contributed by atoms with Crippen LogP contribution in [0.4, 0.5) is 0 Å². The summed E-state index contributed by atoms with van der Waals surface area (Å²) in [7, 11) is 1.26. The third-order valence-corrected chi connectivity index (χ3v) is 11.7. The van der Waals surface area contributed by atoms with Crippen LogP contribution in [-0.4, -0.2) is 68.5 Å². The van der Waals surface area contributed by atoms with Gasteiger partial charge in [0, 0.05) is 6.42 Å². The van der Waals surface area contributed by atoms with Gasteiger partial charge in [-0.15, -0.1) is 0 Å². The number of nitrogens with zero attached hydrogens (tertiary/aromatic N) is 1. The number of amides is 1. The van der Waals surface area contributed by atoms with Gasteiger partial charge < -0.3 is 28.8 Å². The summed E-state index contributed by atoms with van der Waals surface area (Å²) >= 11 is 0. The van der Waals surface area contributed by atoms with E-state index >= 15 is 0 Å². The summed E-state index contributed by atoms with van der Waals surface area (Å²) in [6.07, 6.45) is 69.5.